The van der Waals surface area contributed by atoms with Crippen molar-refractivity contribution in [2.24, 2.45) is 5.92 Å². The fourth-order valence-electron chi connectivity index (χ4n) is 1.72. The summed E-state index contributed by atoms with van der Waals surface area (Å²) >= 11 is 0. The minimum atomic E-state index is -0.524. The molecule has 1 fully saturated rings. The second-order valence-corrected chi connectivity index (χ2v) is 4.44. The summed E-state index contributed by atoms with van der Waals surface area (Å²) in [5.74, 6) is 0.817. The molecule has 11 heavy (non-hydrogen) atoms. The lowest BCUT2D eigenvalue weighted by Gasteiger charge is -2.24. The Morgan fingerprint density at radius 1 is 1.55 bits per heavy atom. The maximum atomic E-state index is 9.52. The molecule has 0 spiro atoms. The molecule has 0 saturated carbocycles. The molecule has 0 amide bonds. The van der Waals surface area contributed by atoms with Gasteiger partial charge in [-0.2, -0.15) is 0 Å². The first-order chi connectivity index (χ1) is 4.97. The molecule has 0 aliphatic carbocycles. The molecule has 0 radical (unpaired) electrons. The summed E-state index contributed by atoms with van der Waals surface area (Å²) in [5.41, 5.74) is -0.524. The molecule has 0 aromatic heterocycles. The highest BCUT2D eigenvalue weighted by Gasteiger charge is 2.23. The average Bonchev–Trinajstić information content (AvgIpc) is 2.10. The third-order valence-corrected chi connectivity index (χ3v) is 2.12. The predicted octanol–water partition coefficient (Wildman–Crippen LogP) is 1.10. The third-order valence-electron chi connectivity index (χ3n) is 2.12. The average molecular weight is 157 g/mol. The monoisotopic (exact) mass is 157 g/mol. The minimum Gasteiger partial charge on any atom is -0.389 e. The fraction of sp³-hybridized carbons (Fsp3) is 1.00. The molecule has 1 aliphatic rings. The summed E-state index contributed by atoms with van der Waals surface area (Å²) in [6, 6.07) is 0. The van der Waals surface area contributed by atoms with Crippen LogP contribution in [-0.4, -0.2) is 35.2 Å². The topological polar surface area (TPSA) is 23.5 Å². The van der Waals surface area contributed by atoms with Gasteiger partial charge in [-0.05, 0) is 32.7 Å². The van der Waals surface area contributed by atoms with Crippen molar-refractivity contribution >= 4 is 0 Å². The Morgan fingerprint density at radius 3 is 2.55 bits per heavy atom. The highest BCUT2D eigenvalue weighted by atomic mass is 16.3. The number of aliphatic hydroxyl groups is 1. The zero-order valence-electron chi connectivity index (χ0n) is 7.80. The van der Waals surface area contributed by atoms with Gasteiger partial charge in [-0.15, -0.1) is 0 Å². The van der Waals surface area contributed by atoms with Crippen LogP contribution in [0.4, 0.5) is 0 Å². The quantitative estimate of drug-likeness (QED) is 0.649. The van der Waals surface area contributed by atoms with Gasteiger partial charge in [0.25, 0.3) is 0 Å². The molecule has 1 N–H and O–H groups in total. The molecule has 0 bridgehead atoms. The van der Waals surface area contributed by atoms with Gasteiger partial charge >= 0.3 is 0 Å². The van der Waals surface area contributed by atoms with Crippen molar-refractivity contribution < 1.29 is 5.11 Å². The van der Waals surface area contributed by atoms with Gasteiger partial charge in [0, 0.05) is 13.1 Å². The largest absolute Gasteiger partial charge is 0.389 e. The summed E-state index contributed by atoms with van der Waals surface area (Å²) in [5, 5.41) is 9.52. The zero-order valence-corrected chi connectivity index (χ0v) is 7.80. The van der Waals surface area contributed by atoms with Crippen molar-refractivity contribution in [3.05, 3.63) is 0 Å². The summed E-state index contributed by atoms with van der Waals surface area (Å²) < 4.78 is 0. The van der Waals surface area contributed by atoms with E-state index in [1.165, 1.54) is 6.42 Å². The Kier molecular flexibility index (Phi) is 2.55. The molecule has 2 heteroatoms. The van der Waals surface area contributed by atoms with E-state index in [-0.39, 0.29) is 0 Å². The molecule has 1 heterocycles. The Balaban J connectivity index is 2.29. The molecule has 0 aromatic rings. The van der Waals surface area contributed by atoms with Gasteiger partial charge in [-0.25, -0.2) is 0 Å². The van der Waals surface area contributed by atoms with Crippen LogP contribution in [0.15, 0.2) is 0 Å². The summed E-state index contributed by atoms with van der Waals surface area (Å²) in [4.78, 5) is 2.34. The van der Waals surface area contributed by atoms with Crippen LogP contribution >= 0.6 is 0 Å². The van der Waals surface area contributed by atoms with Crippen LogP contribution < -0.4 is 0 Å². The van der Waals surface area contributed by atoms with E-state index in [1.54, 1.807) is 0 Å². The highest BCUT2D eigenvalue weighted by Crippen LogP contribution is 2.17. The summed E-state index contributed by atoms with van der Waals surface area (Å²) in [6.45, 7) is 9.14. The van der Waals surface area contributed by atoms with Crippen LogP contribution in [0.1, 0.15) is 27.2 Å². The zero-order chi connectivity index (χ0) is 8.48. The van der Waals surface area contributed by atoms with Crippen LogP contribution in [0.5, 0.6) is 0 Å². The maximum Gasteiger partial charge on any atom is 0.0718 e. The molecule has 1 aliphatic heterocycles. The number of β-amino-alcohol motifs (C(OH)–C–C–N with tert-alkyl or cyclic N) is 1. The first-order valence-corrected chi connectivity index (χ1v) is 4.42. The molecule has 2 nitrogen and oxygen atoms in total. The lowest BCUT2D eigenvalue weighted by atomic mass is 10.1. The van der Waals surface area contributed by atoms with Crippen molar-refractivity contribution in [2.45, 2.75) is 32.8 Å². The first kappa shape index (κ1) is 9.01. The van der Waals surface area contributed by atoms with Crippen LogP contribution in [0, 0.1) is 5.92 Å². The van der Waals surface area contributed by atoms with E-state index < -0.39 is 5.60 Å². The van der Waals surface area contributed by atoms with E-state index in [9.17, 15) is 5.11 Å². The maximum absolute atomic E-state index is 9.52. The van der Waals surface area contributed by atoms with E-state index in [0.717, 1.165) is 25.6 Å². The van der Waals surface area contributed by atoms with Gasteiger partial charge < -0.3 is 10.0 Å². The molecule has 1 saturated heterocycles. The van der Waals surface area contributed by atoms with Gasteiger partial charge in [0.1, 0.15) is 0 Å². The van der Waals surface area contributed by atoms with Gasteiger partial charge in [0.15, 0.2) is 0 Å². The lowest BCUT2D eigenvalue weighted by Crippen LogP contribution is -2.37. The molecule has 1 rings (SSSR count). The van der Waals surface area contributed by atoms with Gasteiger partial charge in [-0.3, -0.25) is 0 Å². The number of hydrogen-bond acceptors (Lipinski definition) is 2. The van der Waals surface area contributed by atoms with E-state index in [2.05, 4.69) is 11.8 Å². The fourth-order valence-corrected chi connectivity index (χ4v) is 1.72. The van der Waals surface area contributed by atoms with Crippen molar-refractivity contribution in [1.82, 2.24) is 4.90 Å². The first-order valence-electron chi connectivity index (χ1n) is 4.42. The Morgan fingerprint density at radius 2 is 2.18 bits per heavy atom. The van der Waals surface area contributed by atoms with E-state index in [0.29, 0.717) is 0 Å². The standard InChI is InChI=1S/C9H19NO/c1-8-4-5-10(6-8)7-9(2,3)11/h8,11H,4-7H2,1-3H3/t8-/m1/s1. The molecule has 1 atom stereocenters. The number of likely N-dealkylation sites (tertiary alicyclic amines) is 1. The van der Waals surface area contributed by atoms with Crippen LogP contribution in [0.2, 0.25) is 0 Å². The smallest absolute Gasteiger partial charge is 0.0718 e. The molecular weight excluding hydrogens is 138 g/mol. The van der Waals surface area contributed by atoms with Crippen molar-refractivity contribution in [1.29, 1.82) is 0 Å². The second kappa shape index (κ2) is 3.11. The van der Waals surface area contributed by atoms with E-state index in [1.807, 2.05) is 13.8 Å². The molecule has 66 valence electrons. The van der Waals surface area contributed by atoms with Gasteiger partial charge in [-0.1, -0.05) is 6.92 Å². The Hall–Kier alpha value is -0.0800. The van der Waals surface area contributed by atoms with Gasteiger partial charge in [0.2, 0.25) is 0 Å². The van der Waals surface area contributed by atoms with E-state index >= 15 is 0 Å². The number of hydrogen-bond donors (Lipinski definition) is 1. The van der Waals surface area contributed by atoms with Crippen LogP contribution in [0.25, 0.3) is 0 Å². The Bertz CT molecular complexity index is 128. The number of nitrogens with zero attached hydrogens (tertiary/aromatic N) is 1. The SMILES string of the molecule is C[C@@H]1CCN(CC(C)(C)O)C1. The third kappa shape index (κ3) is 3.21. The molecular formula is C9H19NO. The lowest BCUT2D eigenvalue weighted by molar-refractivity contribution is 0.0430. The Labute approximate surface area is 69.2 Å². The number of rotatable bonds is 2. The van der Waals surface area contributed by atoms with Crippen LogP contribution in [-0.2, 0) is 0 Å². The van der Waals surface area contributed by atoms with Crippen molar-refractivity contribution in [3.8, 4) is 0 Å². The van der Waals surface area contributed by atoms with Crippen molar-refractivity contribution in [2.75, 3.05) is 19.6 Å². The van der Waals surface area contributed by atoms with Crippen molar-refractivity contribution in [3.63, 3.8) is 0 Å². The van der Waals surface area contributed by atoms with Gasteiger partial charge in [0.05, 0.1) is 5.60 Å². The highest BCUT2D eigenvalue weighted by molar-refractivity contribution is 4.78. The second-order valence-electron chi connectivity index (χ2n) is 4.44. The summed E-state index contributed by atoms with van der Waals surface area (Å²) in [6.07, 6.45) is 1.29. The normalized spacial score (nSPS) is 27.8. The predicted molar refractivity (Wildman–Crippen MR) is 46.5 cm³/mol. The minimum absolute atomic E-state index is 0.524. The van der Waals surface area contributed by atoms with E-state index in [4.69, 9.17) is 0 Å². The van der Waals surface area contributed by atoms with Crippen LogP contribution in [0.3, 0.4) is 0 Å². The molecule has 0 aromatic carbocycles. The molecule has 0 unspecified atom stereocenters. The summed E-state index contributed by atoms with van der Waals surface area (Å²) in [7, 11) is 0.